The van der Waals surface area contributed by atoms with Crippen molar-refractivity contribution in [3.8, 4) is 5.75 Å². The first-order valence-electron chi connectivity index (χ1n) is 7.22. The predicted octanol–water partition coefficient (Wildman–Crippen LogP) is 3.27. The number of non-ortho nitro benzene ring substituents is 1. The lowest BCUT2D eigenvalue weighted by molar-refractivity contribution is -0.384. The Kier molecular flexibility index (Phi) is 5.35. The van der Waals surface area contributed by atoms with Crippen LogP contribution in [0.4, 0.5) is 5.69 Å². The van der Waals surface area contributed by atoms with Crippen LogP contribution in [-0.2, 0) is 6.54 Å². The third kappa shape index (κ3) is 3.93. The minimum Gasteiger partial charge on any atom is -0.496 e. The van der Waals surface area contributed by atoms with Crippen LogP contribution in [0.15, 0.2) is 18.2 Å². The largest absolute Gasteiger partial charge is 0.496 e. The van der Waals surface area contributed by atoms with Crippen molar-refractivity contribution in [3.05, 3.63) is 33.9 Å². The molecule has 1 aliphatic carbocycles. The predicted molar refractivity (Wildman–Crippen MR) is 77.9 cm³/mol. The van der Waals surface area contributed by atoms with Gasteiger partial charge in [-0.2, -0.15) is 0 Å². The summed E-state index contributed by atoms with van der Waals surface area (Å²) in [5.41, 5.74) is 0.956. The summed E-state index contributed by atoms with van der Waals surface area (Å²) >= 11 is 0. The number of benzene rings is 1. The van der Waals surface area contributed by atoms with E-state index in [1.807, 2.05) is 0 Å². The van der Waals surface area contributed by atoms with Gasteiger partial charge in [-0.15, -0.1) is 0 Å². The molecule has 0 aromatic heterocycles. The van der Waals surface area contributed by atoms with Gasteiger partial charge in [0.25, 0.3) is 5.69 Å². The number of nitro benzene ring substituents is 1. The Bertz CT molecular complexity index is 456. The van der Waals surface area contributed by atoms with Gasteiger partial charge in [-0.05, 0) is 31.4 Å². The van der Waals surface area contributed by atoms with E-state index in [-0.39, 0.29) is 10.6 Å². The molecule has 0 atom stereocenters. The number of hydrogen-bond donors (Lipinski definition) is 1. The first kappa shape index (κ1) is 14.8. The van der Waals surface area contributed by atoms with Crippen molar-refractivity contribution in [2.75, 3.05) is 13.7 Å². The highest BCUT2D eigenvalue weighted by Crippen LogP contribution is 2.25. The lowest BCUT2D eigenvalue weighted by Gasteiger charge is -2.22. The van der Waals surface area contributed by atoms with Gasteiger partial charge in [0.15, 0.2) is 0 Å². The Labute approximate surface area is 119 Å². The van der Waals surface area contributed by atoms with Crippen LogP contribution >= 0.6 is 0 Å². The summed E-state index contributed by atoms with van der Waals surface area (Å²) in [4.78, 5) is 10.4. The van der Waals surface area contributed by atoms with Gasteiger partial charge < -0.3 is 10.1 Å². The number of hydrogen-bond acceptors (Lipinski definition) is 4. The fraction of sp³-hybridized carbons (Fsp3) is 0.600. The number of nitro groups is 1. The first-order chi connectivity index (χ1) is 9.70. The van der Waals surface area contributed by atoms with Crippen molar-refractivity contribution in [1.82, 2.24) is 5.32 Å². The summed E-state index contributed by atoms with van der Waals surface area (Å²) in [5.74, 6) is 1.44. The average Bonchev–Trinajstić information content (AvgIpc) is 2.48. The van der Waals surface area contributed by atoms with Crippen molar-refractivity contribution in [2.45, 2.75) is 38.6 Å². The lowest BCUT2D eigenvalue weighted by Crippen LogP contribution is -2.24. The molecule has 0 aliphatic heterocycles. The fourth-order valence-corrected chi connectivity index (χ4v) is 2.82. The van der Waals surface area contributed by atoms with Gasteiger partial charge in [0.1, 0.15) is 5.75 Å². The highest BCUT2D eigenvalue weighted by molar-refractivity contribution is 5.43. The smallest absolute Gasteiger partial charge is 0.270 e. The normalized spacial score (nSPS) is 16.1. The molecule has 5 heteroatoms. The van der Waals surface area contributed by atoms with E-state index in [0.717, 1.165) is 18.0 Å². The van der Waals surface area contributed by atoms with E-state index in [0.29, 0.717) is 12.3 Å². The van der Waals surface area contributed by atoms with Gasteiger partial charge >= 0.3 is 0 Å². The molecule has 0 amide bonds. The molecule has 1 saturated carbocycles. The molecule has 0 bridgehead atoms. The molecule has 2 rings (SSSR count). The van der Waals surface area contributed by atoms with Crippen LogP contribution in [-0.4, -0.2) is 18.6 Å². The van der Waals surface area contributed by atoms with E-state index < -0.39 is 0 Å². The van der Waals surface area contributed by atoms with E-state index >= 15 is 0 Å². The maximum absolute atomic E-state index is 10.8. The molecule has 0 heterocycles. The summed E-state index contributed by atoms with van der Waals surface area (Å²) < 4.78 is 5.26. The Morgan fingerprint density at radius 1 is 1.35 bits per heavy atom. The van der Waals surface area contributed by atoms with Crippen molar-refractivity contribution in [1.29, 1.82) is 0 Å². The molecule has 1 aliphatic rings. The third-order valence-corrected chi connectivity index (χ3v) is 3.95. The maximum Gasteiger partial charge on any atom is 0.270 e. The van der Waals surface area contributed by atoms with Crippen LogP contribution in [0.1, 0.15) is 37.7 Å². The zero-order valence-electron chi connectivity index (χ0n) is 11.9. The first-order valence-corrected chi connectivity index (χ1v) is 7.22. The zero-order valence-corrected chi connectivity index (χ0v) is 11.9. The van der Waals surface area contributed by atoms with E-state index in [1.54, 1.807) is 19.2 Å². The standard InChI is InChI=1S/C15H22N2O3/c1-20-15-8-7-14(17(18)19)9-13(15)11-16-10-12-5-3-2-4-6-12/h7-9,12,16H,2-6,10-11H2,1H3. The van der Waals surface area contributed by atoms with Gasteiger partial charge in [-0.1, -0.05) is 19.3 Å². The number of methoxy groups -OCH3 is 1. The maximum atomic E-state index is 10.8. The molecule has 1 fully saturated rings. The average molecular weight is 278 g/mol. The summed E-state index contributed by atoms with van der Waals surface area (Å²) in [5, 5.41) is 14.2. The Hall–Kier alpha value is -1.62. The summed E-state index contributed by atoms with van der Waals surface area (Å²) in [6.07, 6.45) is 6.59. The topological polar surface area (TPSA) is 64.4 Å². The summed E-state index contributed by atoms with van der Waals surface area (Å²) in [6.45, 7) is 1.59. The number of nitrogens with zero attached hydrogens (tertiary/aromatic N) is 1. The van der Waals surface area contributed by atoms with E-state index in [1.165, 1.54) is 38.2 Å². The van der Waals surface area contributed by atoms with E-state index in [9.17, 15) is 10.1 Å². The molecule has 5 nitrogen and oxygen atoms in total. The summed E-state index contributed by atoms with van der Waals surface area (Å²) in [7, 11) is 1.59. The van der Waals surface area contributed by atoms with Crippen LogP contribution in [0.25, 0.3) is 0 Å². The van der Waals surface area contributed by atoms with Crippen LogP contribution in [0.5, 0.6) is 5.75 Å². The third-order valence-electron chi connectivity index (χ3n) is 3.95. The Morgan fingerprint density at radius 3 is 2.75 bits per heavy atom. The lowest BCUT2D eigenvalue weighted by atomic mass is 9.89. The fourth-order valence-electron chi connectivity index (χ4n) is 2.82. The van der Waals surface area contributed by atoms with E-state index in [4.69, 9.17) is 4.74 Å². The number of nitrogens with one attached hydrogen (secondary N) is 1. The van der Waals surface area contributed by atoms with Gasteiger partial charge in [0, 0.05) is 24.2 Å². The minimum absolute atomic E-state index is 0.111. The SMILES string of the molecule is COc1ccc([N+](=O)[O-])cc1CNCC1CCCCC1. The molecule has 0 spiro atoms. The second-order valence-corrected chi connectivity index (χ2v) is 5.39. The van der Waals surface area contributed by atoms with E-state index in [2.05, 4.69) is 5.32 Å². The number of rotatable bonds is 6. The zero-order chi connectivity index (χ0) is 14.4. The molecule has 0 unspecified atom stereocenters. The molecular weight excluding hydrogens is 256 g/mol. The highest BCUT2D eigenvalue weighted by Gasteiger charge is 2.14. The van der Waals surface area contributed by atoms with Crippen molar-refractivity contribution in [2.24, 2.45) is 5.92 Å². The van der Waals surface area contributed by atoms with Crippen LogP contribution < -0.4 is 10.1 Å². The monoisotopic (exact) mass is 278 g/mol. The van der Waals surface area contributed by atoms with Crippen molar-refractivity contribution < 1.29 is 9.66 Å². The molecule has 1 aromatic rings. The number of ether oxygens (including phenoxy) is 1. The van der Waals surface area contributed by atoms with Gasteiger partial charge in [0.2, 0.25) is 0 Å². The highest BCUT2D eigenvalue weighted by atomic mass is 16.6. The van der Waals surface area contributed by atoms with Gasteiger partial charge in [0.05, 0.1) is 12.0 Å². The quantitative estimate of drug-likeness (QED) is 0.640. The minimum atomic E-state index is -0.371. The van der Waals surface area contributed by atoms with Gasteiger partial charge in [-0.3, -0.25) is 10.1 Å². The molecule has 1 N–H and O–H groups in total. The van der Waals surface area contributed by atoms with Crippen LogP contribution in [0.2, 0.25) is 0 Å². The molecule has 0 saturated heterocycles. The molecule has 1 aromatic carbocycles. The van der Waals surface area contributed by atoms with Crippen LogP contribution in [0, 0.1) is 16.0 Å². The summed E-state index contributed by atoms with van der Waals surface area (Å²) in [6, 6.07) is 4.73. The second-order valence-electron chi connectivity index (χ2n) is 5.39. The molecule has 110 valence electrons. The molecule has 0 radical (unpaired) electrons. The Morgan fingerprint density at radius 2 is 2.10 bits per heavy atom. The van der Waals surface area contributed by atoms with Crippen molar-refractivity contribution in [3.63, 3.8) is 0 Å². The van der Waals surface area contributed by atoms with Crippen LogP contribution in [0.3, 0.4) is 0 Å². The van der Waals surface area contributed by atoms with Crippen molar-refractivity contribution >= 4 is 5.69 Å². The second kappa shape index (κ2) is 7.24. The molecule has 20 heavy (non-hydrogen) atoms. The molecular formula is C15H22N2O3. The van der Waals surface area contributed by atoms with Gasteiger partial charge in [-0.25, -0.2) is 0 Å². The Balaban J connectivity index is 1.93.